The van der Waals surface area contributed by atoms with Crippen LogP contribution in [0, 0.1) is 11.7 Å². The minimum absolute atomic E-state index is 0.0846. The zero-order valence-corrected chi connectivity index (χ0v) is 13.8. The molecule has 3 atom stereocenters. The Morgan fingerprint density at radius 3 is 2.81 bits per heavy atom. The lowest BCUT2D eigenvalue weighted by Gasteiger charge is -2.40. The van der Waals surface area contributed by atoms with Gasteiger partial charge >= 0.3 is 0 Å². The van der Waals surface area contributed by atoms with Crippen molar-refractivity contribution >= 4 is 5.69 Å². The molecule has 1 aromatic rings. The Labute approximate surface area is 128 Å². The number of hydrogen-bond donors (Lipinski definition) is 1. The van der Waals surface area contributed by atoms with Crippen LogP contribution < -0.4 is 10.2 Å². The van der Waals surface area contributed by atoms with E-state index in [1.807, 2.05) is 6.07 Å². The number of para-hydroxylation sites is 1. The predicted octanol–water partition coefficient (Wildman–Crippen LogP) is 4.51. The van der Waals surface area contributed by atoms with Crippen LogP contribution in [0.1, 0.15) is 58.6 Å². The summed E-state index contributed by atoms with van der Waals surface area (Å²) in [5.41, 5.74) is 1.90. The normalized spacial score (nSPS) is 24.1. The number of benzene rings is 1. The van der Waals surface area contributed by atoms with Crippen molar-refractivity contribution in [1.29, 1.82) is 0 Å². The molecule has 0 aromatic heterocycles. The molecule has 2 rings (SSSR count). The van der Waals surface area contributed by atoms with Crippen LogP contribution in [0.25, 0.3) is 0 Å². The highest BCUT2D eigenvalue weighted by atomic mass is 19.1. The number of piperidine rings is 1. The zero-order valence-electron chi connectivity index (χ0n) is 13.8. The molecule has 3 unspecified atom stereocenters. The van der Waals surface area contributed by atoms with Gasteiger partial charge in [0, 0.05) is 18.6 Å². The summed E-state index contributed by atoms with van der Waals surface area (Å²) in [6, 6.07) is 6.08. The molecular formula is C18H29FN2. The second kappa shape index (κ2) is 7.26. The van der Waals surface area contributed by atoms with Gasteiger partial charge in [0.05, 0.1) is 5.69 Å². The summed E-state index contributed by atoms with van der Waals surface area (Å²) < 4.78 is 14.5. The quantitative estimate of drug-likeness (QED) is 0.859. The molecule has 0 saturated carbocycles. The standard InChI is InChI=1S/C18H29FN2/c1-5-11-20-15(4)16-7-6-8-17(19)18(16)21-12-13(2)9-10-14(21)3/h6-8,13-15,20H,5,9-12H2,1-4H3. The molecule has 2 nitrogen and oxygen atoms in total. The van der Waals surface area contributed by atoms with E-state index in [0.29, 0.717) is 12.0 Å². The molecule has 118 valence electrons. The van der Waals surface area contributed by atoms with Gasteiger partial charge in [-0.2, -0.15) is 0 Å². The van der Waals surface area contributed by atoms with Gasteiger partial charge in [-0.3, -0.25) is 0 Å². The molecule has 1 fully saturated rings. The van der Waals surface area contributed by atoms with E-state index in [9.17, 15) is 4.39 Å². The van der Waals surface area contributed by atoms with Crippen molar-refractivity contribution in [3.05, 3.63) is 29.6 Å². The third-order valence-corrected chi connectivity index (χ3v) is 4.59. The topological polar surface area (TPSA) is 15.3 Å². The van der Waals surface area contributed by atoms with Crippen molar-refractivity contribution in [2.75, 3.05) is 18.0 Å². The molecule has 0 bridgehead atoms. The van der Waals surface area contributed by atoms with Crippen molar-refractivity contribution in [2.24, 2.45) is 5.92 Å². The van der Waals surface area contributed by atoms with Crippen LogP contribution in [0.2, 0.25) is 0 Å². The van der Waals surface area contributed by atoms with Crippen LogP contribution in [-0.4, -0.2) is 19.1 Å². The Bertz CT molecular complexity index is 461. The van der Waals surface area contributed by atoms with Gasteiger partial charge in [-0.25, -0.2) is 4.39 Å². The molecule has 1 heterocycles. The van der Waals surface area contributed by atoms with Crippen LogP contribution in [0.5, 0.6) is 0 Å². The van der Waals surface area contributed by atoms with Crippen LogP contribution in [0.15, 0.2) is 18.2 Å². The second-order valence-electron chi connectivity index (χ2n) is 6.54. The number of hydrogen-bond acceptors (Lipinski definition) is 2. The maximum absolute atomic E-state index is 14.5. The van der Waals surface area contributed by atoms with Crippen LogP contribution >= 0.6 is 0 Å². The molecule has 3 heteroatoms. The largest absolute Gasteiger partial charge is 0.366 e. The van der Waals surface area contributed by atoms with Gasteiger partial charge < -0.3 is 10.2 Å². The van der Waals surface area contributed by atoms with Gasteiger partial charge in [-0.15, -0.1) is 0 Å². The van der Waals surface area contributed by atoms with Gasteiger partial charge in [0.25, 0.3) is 0 Å². The fourth-order valence-corrected chi connectivity index (χ4v) is 3.26. The van der Waals surface area contributed by atoms with Gasteiger partial charge in [-0.05, 0) is 57.2 Å². The Kier molecular flexibility index (Phi) is 5.63. The lowest BCUT2D eigenvalue weighted by atomic mass is 9.93. The molecule has 1 aliphatic heterocycles. The van der Waals surface area contributed by atoms with Gasteiger partial charge in [0.2, 0.25) is 0 Å². The molecule has 0 spiro atoms. The fourth-order valence-electron chi connectivity index (χ4n) is 3.26. The minimum atomic E-state index is -0.0846. The van der Waals surface area contributed by atoms with E-state index >= 15 is 0 Å². The molecule has 1 N–H and O–H groups in total. The summed E-state index contributed by atoms with van der Waals surface area (Å²) in [5, 5.41) is 3.49. The summed E-state index contributed by atoms with van der Waals surface area (Å²) in [7, 11) is 0. The highest BCUT2D eigenvalue weighted by molar-refractivity contribution is 5.57. The molecule has 1 saturated heterocycles. The van der Waals surface area contributed by atoms with E-state index in [1.54, 1.807) is 6.07 Å². The lowest BCUT2D eigenvalue weighted by Crippen LogP contribution is -2.42. The first-order chi connectivity index (χ1) is 10.0. The Balaban J connectivity index is 2.32. The number of rotatable bonds is 5. The maximum Gasteiger partial charge on any atom is 0.146 e. The summed E-state index contributed by atoms with van der Waals surface area (Å²) >= 11 is 0. The third-order valence-electron chi connectivity index (χ3n) is 4.59. The number of anilines is 1. The smallest absolute Gasteiger partial charge is 0.146 e. The van der Waals surface area contributed by atoms with E-state index in [-0.39, 0.29) is 11.9 Å². The van der Waals surface area contributed by atoms with Crippen molar-refractivity contribution in [1.82, 2.24) is 5.32 Å². The van der Waals surface area contributed by atoms with E-state index < -0.39 is 0 Å². The molecule has 0 aliphatic carbocycles. The zero-order chi connectivity index (χ0) is 15.4. The Morgan fingerprint density at radius 2 is 2.10 bits per heavy atom. The molecule has 1 aliphatic rings. The van der Waals surface area contributed by atoms with Crippen LogP contribution in [-0.2, 0) is 0 Å². The SMILES string of the molecule is CCCNC(C)c1cccc(F)c1N1CC(C)CCC1C. The van der Waals surface area contributed by atoms with Crippen LogP contribution in [0.3, 0.4) is 0 Å². The summed E-state index contributed by atoms with van der Waals surface area (Å²) in [5.74, 6) is 0.547. The van der Waals surface area contributed by atoms with Crippen molar-refractivity contribution < 1.29 is 4.39 Å². The van der Waals surface area contributed by atoms with Crippen molar-refractivity contribution in [3.63, 3.8) is 0 Å². The predicted molar refractivity (Wildman–Crippen MR) is 88.3 cm³/mol. The fraction of sp³-hybridized carbons (Fsp3) is 0.667. The molecule has 1 aromatic carbocycles. The Hall–Kier alpha value is -1.09. The maximum atomic E-state index is 14.5. The van der Waals surface area contributed by atoms with Crippen molar-refractivity contribution in [3.8, 4) is 0 Å². The van der Waals surface area contributed by atoms with E-state index in [1.165, 1.54) is 6.42 Å². The molecule has 0 amide bonds. The minimum Gasteiger partial charge on any atom is -0.366 e. The van der Waals surface area contributed by atoms with E-state index in [0.717, 1.165) is 37.2 Å². The first-order valence-electron chi connectivity index (χ1n) is 8.33. The Morgan fingerprint density at radius 1 is 1.33 bits per heavy atom. The summed E-state index contributed by atoms with van der Waals surface area (Å²) in [4.78, 5) is 2.28. The highest BCUT2D eigenvalue weighted by Crippen LogP contribution is 2.34. The second-order valence-corrected chi connectivity index (χ2v) is 6.54. The summed E-state index contributed by atoms with van der Waals surface area (Å²) in [6.45, 7) is 10.7. The number of nitrogens with one attached hydrogen (secondary N) is 1. The van der Waals surface area contributed by atoms with E-state index in [2.05, 4.69) is 44.0 Å². The molecular weight excluding hydrogens is 263 g/mol. The van der Waals surface area contributed by atoms with Gasteiger partial charge in [0.15, 0.2) is 0 Å². The van der Waals surface area contributed by atoms with Gasteiger partial charge in [0.1, 0.15) is 5.82 Å². The first kappa shape index (κ1) is 16.3. The average molecular weight is 292 g/mol. The third kappa shape index (κ3) is 3.76. The monoisotopic (exact) mass is 292 g/mol. The van der Waals surface area contributed by atoms with E-state index in [4.69, 9.17) is 0 Å². The number of halogens is 1. The number of nitrogens with zero attached hydrogens (tertiary/aromatic N) is 1. The van der Waals surface area contributed by atoms with Crippen molar-refractivity contribution in [2.45, 2.75) is 59.0 Å². The first-order valence-corrected chi connectivity index (χ1v) is 8.33. The highest BCUT2D eigenvalue weighted by Gasteiger charge is 2.28. The lowest BCUT2D eigenvalue weighted by molar-refractivity contribution is 0.384. The average Bonchev–Trinajstić information content (AvgIpc) is 2.47. The molecule has 0 radical (unpaired) electrons. The van der Waals surface area contributed by atoms with Gasteiger partial charge in [-0.1, -0.05) is 26.0 Å². The molecule has 21 heavy (non-hydrogen) atoms. The summed E-state index contributed by atoms with van der Waals surface area (Å²) in [6.07, 6.45) is 3.48. The van der Waals surface area contributed by atoms with Crippen LogP contribution in [0.4, 0.5) is 10.1 Å².